The third-order valence-electron chi connectivity index (χ3n) is 6.59. The summed E-state index contributed by atoms with van der Waals surface area (Å²) >= 11 is 0. The van der Waals surface area contributed by atoms with E-state index < -0.39 is 61.2 Å². The van der Waals surface area contributed by atoms with Crippen molar-refractivity contribution in [3.05, 3.63) is 23.3 Å². The Morgan fingerprint density at radius 2 is 1.89 bits per heavy atom. The number of carbonyl (C=O) groups excluding carboxylic acids is 1. The monoisotopic (exact) mass is 511 g/mol. The summed E-state index contributed by atoms with van der Waals surface area (Å²) in [5, 5.41) is 5.57. The van der Waals surface area contributed by atoms with Gasteiger partial charge in [0.25, 0.3) is 0 Å². The van der Waals surface area contributed by atoms with E-state index in [-0.39, 0.29) is 48.7 Å². The van der Waals surface area contributed by atoms with Crippen molar-refractivity contribution in [3.63, 3.8) is 0 Å². The summed E-state index contributed by atoms with van der Waals surface area (Å²) in [7, 11) is 0. The Bertz CT molecular complexity index is 954. The smallest absolute Gasteiger partial charge is 0.341 e. The van der Waals surface area contributed by atoms with E-state index in [2.05, 4.69) is 16.8 Å². The number of nitrogens with one attached hydrogen (secondary N) is 1. The van der Waals surface area contributed by atoms with Gasteiger partial charge in [0, 0.05) is 38.8 Å². The quantitative estimate of drug-likeness (QED) is 0.378. The van der Waals surface area contributed by atoms with E-state index in [1.807, 2.05) is 5.32 Å². The zero-order valence-corrected chi connectivity index (χ0v) is 19.1. The largest absolute Gasteiger partial charge is 0.412 e. The predicted molar refractivity (Wildman–Crippen MR) is 115 cm³/mol. The topological polar surface area (TPSA) is 85.3 Å². The minimum absolute atomic E-state index is 0.0359. The summed E-state index contributed by atoms with van der Waals surface area (Å²) in [6.45, 7) is 4.50. The molecule has 35 heavy (non-hydrogen) atoms. The molecule has 0 saturated heterocycles. The number of carbonyl (C=O) groups is 1. The van der Waals surface area contributed by atoms with Gasteiger partial charge in [-0.25, -0.2) is 27.2 Å². The van der Waals surface area contributed by atoms with Crippen LogP contribution in [0.3, 0.4) is 0 Å². The van der Waals surface area contributed by atoms with Crippen molar-refractivity contribution in [2.75, 3.05) is 0 Å². The molecule has 2 saturated carbocycles. The molecule has 0 unspecified atom stereocenters. The van der Waals surface area contributed by atoms with Gasteiger partial charge in [-0.05, 0) is 43.3 Å². The Labute approximate surface area is 197 Å². The molecule has 2 atom stereocenters. The Hall–Kier alpha value is -2.44. The van der Waals surface area contributed by atoms with Crippen molar-refractivity contribution in [2.45, 2.75) is 82.0 Å². The molecule has 3 N–H and O–H groups in total. The average molecular weight is 511 g/mol. The van der Waals surface area contributed by atoms with Crippen molar-refractivity contribution in [2.24, 2.45) is 22.7 Å². The second kappa shape index (κ2) is 9.90. The SMILES string of the molecule is C=Nn1cc([C@@H](N)C2CCC(F)(F)CC2)nc1/C=C(\C)[C@H](NC(=O)CC1CC(F)(F)C1)C(F)(F)F. The molecule has 13 heteroatoms. The van der Waals surface area contributed by atoms with E-state index in [4.69, 9.17) is 5.73 Å². The minimum Gasteiger partial charge on any atom is -0.341 e. The summed E-state index contributed by atoms with van der Waals surface area (Å²) in [4.78, 5) is 16.3. The molecule has 3 rings (SSSR count). The molecule has 0 aromatic carbocycles. The maximum Gasteiger partial charge on any atom is 0.412 e. The fourth-order valence-corrected chi connectivity index (χ4v) is 4.59. The molecule has 2 aliphatic rings. The molecule has 0 radical (unpaired) electrons. The van der Waals surface area contributed by atoms with Crippen LogP contribution in [0.4, 0.5) is 30.7 Å². The van der Waals surface area contributed by atoms with E-state index in [1.54, 1.807) is 0 Å². The van der Waals surface area contributed by atoms with Gasteiger partial charge >= 0.3 is 6.18 Å². The molecule has 0 aliphatic heterocycles. The highest BCUT2D eigenvalue weighted by atomic mass is 19.4. The molecule has 0 spiro atoms. The first-order valence-electron chi connectivity index (χ1n) is 11.2. The molecule has 196 valence electrons. The molecule has 2 fully saturated rings. The number of rotatable bonds is 8. The van der Waals surface area contributed by atoms with Crippen LogP contribution in [0.15, 0.2) is 16.9 Å². The Balaban J connectivity index is 1.74. The number of hydrogen-bond donors (Lipinski definition) is 2. The lowest BCUT2D eigenvalue weighted by Crippen LogP contribution is -2.47. The van der Waals surface area contributed by atoms with Gasteiger partial charge in [-0.3, -0.25) is 4.79 Å². The number of imidazole rings is 1. The standard InChI is InChI=1S/C22H28F7N5O/c1-12(19(22(27,28)29)33-17(35)8-13-9-21(25,26)10-13)7-16-32-15(11-34(16)31-2)18(30)14-3-5-20(23,24)6-4-14/h7,11,13-14,18-19H,2-6,8-10,30H2,1H3,(H,33,35)/b12-7+/t18-,19-/m0/s1. The van der Waals surface area contributed by atoms with Crippen molar-refractivity contribution < 1.29 is 35.5 Å². The highest BCUT2D eigenvalue weighted by Crippen LogP contribution is 2.44. The maximum absolute atomic E-state index is 13.7. The van der Waals surface area contributed by atoms with Crippen LogP contribution >= 0.6 is 0 Å². The van der Waals surface area contributed by atoms with Gasteiger partial charge < -0.3 is 11.1 Å². The lowest BCUT2D eigenvalue weighted by Gasteiger charge is -2.34. The fraction of sp³-hybridized carbons (Fsp3) is 0.682. The van der Waals surface area contributed by atoms with Crippen LogP contribution in [-0.4, -0.2) is 46.3 Å². The van der Waals surface area contributed by atoms with Crippen LogP contribution in [0.2, 0.25) is 0 Å². The molecule has 1 aromatic heterocycles. The van der Waals surface area contributed by atoms with Crippen LogP contribution in [0.5, 0.6) is 0 Å². The number of halogens is 7. The molecule has 1 amide bonds. The van der Waals surface area contributed by atoms with E-state index in [9.17, 15) is 35.5 Å². The van der Waals surface area contributed by atoms with Crippen molar-refractivity contribution in [1.29, 1.82) is 0 Å². The number of amides is 1. The number of nitrogens with two attached hydrogens (primary N) is 1. The Morgan fingerprint density at radius 1 is 1.29 bits per heavy atom. The second-order valence-corrected chi connectivity index (χ2v) is 9.49. The maximum atomic E-state index is 13.7. The summed E-state index contributed by atoms with van der Waals surface area (Å²) in [5.41, 5.74) is 6.16. The van der Waals surface area contributed by atoms with Crippen LogP contribution in [0.1, 0.15) is 69.4 Å². The van der Waals surface area contributed by atoms with Crippen LogP contribution in [0.25, 0.3) is 6.08 Å². The van der Waals surface area contributed by atoms with E-state index >= 15 is 0 Å². The predicted octanol–water partition coefficient (Wildman–Crippen LogP) is 5.06. The lowest BCUT2D eigenvalue weighted by atomic mass is 9.79. The highest BCUT2D eigenvalue weighted by molar-refractivity contribution is 5.77. The molecule has 1 heterocycles. The summed E-state index contributed by atoms with van der Waals surface area (Å²) < 4.78 is 95.0. The van der Waals surface area contributed by atoms with Gasteiger partial charge in [0.05, 0.1) is 17.9 Å². The molecular weight excluding hydrogens is 483 g/mol. The average Bonchev–Trinajstić information content (AvgIpc) is 3.12. The summed E-state index contributed by atoms with van der Waals surface area (Å²) in [6, 6.07) is -3.09. The minimum atomic E-state index is -4.86. The van der Waals surface area contributed by atoms with Crippen LogP contribution in [-0.2, 0) is 4.79 Å². The molecule has 6 nitrogen and oxygen atoms in total. The first-order chi connectivity index (χ1) is 16.1. The molecular formula is C22H28F7N5O. The first-order valence-corrected chi connectivity index (χ1v) is 11.2. The number of alkyl halides is 7. The van der Waals surface area contributed by atoms with E-state index in [1.165, 1.54) is 6.20 Å². The van der Waals surface area contributed by atoms with E-state index in [0.717, 1.165) is 17.7 Å². The number of nitrogens with zero attached hydrogens (tertiary/aromatic N) is 3. The summed E-state index contributed by atoms with van der Waals surface area (Å²) in [6.07, 6.45) is -4.15. The van der Waals surface area contributed by atoms with Crippen LogP contribution in [0, 0.1) is 11.8 Å². The Kier molecular flexibility index (Phi) is 7.68. The summed E-state index contributed by atoms with van der Waals surface area (Å²) in [5.74, 6) is -7.58. The highest BCUT2D eigenvalue weighted by Gasteiger charge is 2.47. The number of hydrogen-bond acceptors (Lipinski definition) is 4. The van der Waals surface area contributed by atoms with Crippen molar-refractivity contribution >= 4 is 18.7 Å². The molecule has 2 aliphatic carbocycles. The third kappa shape index (κ3) is 6.83. The van der Waals surface area contributed by atoms with Gasteiger partial charge in [-0.15, -0.1) is 0 Å². The molecule has 0 bridgehead atoms. The van der Waals surface area contributed by atoms with Gasteiger partial charge in [-0.2, -0.15) is 18.3 Å². The van der Waals surface area contributed by atoms with Gasteiger partial charge in [0.15, 0.2) is 5.82 Å². The number of aromatic nitrogens is 2. The van der Waals surface area contributed by atoms with Gasteiger partial charge in [-0.1, -0.05) is 0 Å². The normalized spacial score (nSPS) is 22.8. The molecule has 1 aromatic rings. The van der Waals surface area contributed by atoms with Gasteiger partial charge in [0.1, 0.15) is 6.04 Å². The van der Waals surface area contributed by atoms with E-state index in [0.29, 0.717) is 0 Å². The van der Waals surface area contributed by atoms with Crippen molar-refractivity contribution in [3.8, 4) is 0 Å². The zero-order chi connectivity index (χ0) is 26.2. The zero-order valence-electron chi connectivity index (χ0n) is 19.1. The fourth-order valence-electron chi connectivity index (χ4n) is 4.59. The first kappa shape index (κ1) is 27.2. The van der Waals surface area contributed by atoms with Crippen LogP contribution < -0.4 is 11.1 Å². The lowest BCUT2D eigenvalue weighted by molar-refractivity contribution is -0.157. The van der Waals surface area contributed by atoms with Gasteiger partial charge in [0.2, 0.25) is 17.8 Å². The third-order valence-corrected chi connectivity index (χ3v) is 6.59. The Morgan fingerprint density at radius 3 is 2.40 bits per heavy atom. The second-order valence-electron chi connectivity index (χ2n) is 9.49. The van der Waals surface area contributed by atoms with Crippen molar-refractivity contribution in [1.82, 2.24) is 15.0 Å².